The second kappa shape index (κ2) is 7.75. The molecule has 0 fully saturated rings. The fourth-order valence-corrected chi connectivity index (χ4v) is 3.85. The summed E-state index contributed by atoms with van der Waals surface area (Å²) in [5, 5.41) is 1.99. The summed E-state index contributed by atoms with van der Waals surface area (Å²) in [6.45, 7) is 5.09. The van der Waals surface area contributed by atoms with Crippen molar-refractivity contribution in [1.29, 1.82) is 0 Å². The van der Waals surface area contributed by atoms with Crippen LogP contribution in [0.5, 0.6) is 0 Å². The number of thioether (sulfide) groups is 1. The van der Waals surface area contributed by atoms with E-state index in [2.05, 4.69) is 29.9 Å². The number of carbonyl (C=O) groups excluding carboxylic acids is 1. The molecule has 0 aromatic carbocycles. The van der Waals surface area contributed by atoms with E-state index < -0.39 is 0 Å². The molecule has 0 saturated heterocycles. The number of aromatic nitrogens is 2. The zero-order chi connectivity index (χ0) is 15.2. The van der Waals surface area contributed by atoms with Gasteiger partial charge in [-0.2, -0.15) is 0 Å². The van der Waals surface area contributed by atoms with Crippen LogP contribution >= 0.6 is 23.1 Å². The third kappa shape index (κ3) is 4.17. The number of aryl methyl sites for hydroxylation is 1. The van der Waals surface area contributed by atoms with Gasteiger partial charge < -0.3 is 4.90 Å². The molecule has 2 aromatic heterocycles. The molecular weight excluding hydrogens is 302 g/mol. The molecule has 0 unspecified atom stereocenters. The summed E-state index contributed by atoms with van der Waals surface area (Å²) in [7, 11) is 1.87. The first-order valence-corrected chi connectivity index (χ1v) is 9.06. The number of hydrogen-bond donors (Lipinski definition) is 0. The minimum Gasteiger partial charge on any atom is -0.345 e. The molecule has 2 rings (SSSR count). The molecule has 0 aliphatic heterocycles. The number of rotatable bonds is 7. The molecule has 1 amide bonds. The van der Waals surface area contributed by atoms with E-state index in [4.69, 9.17) is 0 Å². The van der Waals surface area contributed by atoms with Crippen molar-refractivity contribution < 1.29 is 4.79 Å². The van der Waals surface area contributed by atoms with Crippen molar-refractivity contribution in [2.45, 2.75) is 38.1 Å². The van der Waals surface area contributed by atoms with E-state index in [1.807, 2.05) is 7.05 Å². The Hall–Kier alpha value is -1.14. The number of unbranched alkanes of at least 4 members (excludes halogenated alkanes) is 1. The number of nitrogens with zero attached hydrogens (tertiary/aromatic N) is 3. The first-order chi connectivity index (χ1) is 10.2. The molecule has 0 aliphatic carbocycles. The van der Waals surface area contributed by atoms with Crippen LogP contribution in [0.1, 0.15) is 31.6 Å². The number of thiophene rings is 1. The molecule has 0 bridgehead atoms. The lowest BCUT2D eigenvalue weighted by atomic mass is 10.3. The van der Waals surface area contributed by atoms with Crippen LogP contribution in [0.3, 0.4) is 0 Å². The van der Waals surface area contributed by atoms with Gasteiger partial charge in [0.05, 0.1) is 5.75 Å². The molecule has 21 heavy (non-hydrogen) atoms. The van der Waals surface area contributed by atoms with Crippen molar-refractivity contribution in [3.05, 3.63) is 17.3 Å². The van der Waals surface area contributed by atoms with Crippen molar-refractivity contribution in [3.8, 4) is 0 Å². The molecule has 0 atom stereocenters. The maximum absolute atomic E-state index is 12.1. The molecule has 0 aliphatic rings. The van der Waals surface area contributed by atoms with E-state index in [0.29, 0.717) is 5.75 Å². The second-order valence-electron chi connectivity index (χ2n) is 4.92. The lowest BCUT2D eigenvalue weighted by Gasteiger charge is -2.16. The zero-order valence-corrected chi connectivity index (χ0v) is 14.4. The van der Waals surface area contributed by atoms with Crippen LogP contribution in [0.25, 0.3) is 10.2 Å². The maximum Gasteiger partial charge on any atom is 0.232 e. The van der Waals surface area contributed by atoms with Crippen molar-refractivity contribution >= 4 is 39.2 Å². The van der Waals surface area contributed by atoms with Crippen LogP contribution in [-0.4, -0.2) is 40.1 Å². The van der Waals surface area contributed by atoms with Gasteiger partial charge in [0.2, 0.25) is 5.91 Å². The second-order valence-corrected chi connectivity index (χ2v) is 7.00. The van der Waals surface area contributed by atoms with Crippen LogP contribution in [0.15, 0.2) is 17.4 Å². The average molecular weight is 323 g/mol. The number of carbonyl (C=O) groups is 1. The van der Waals surface area contributed by atoms with Gasteiger partial charge in [-0.05, 0) is 18.9 Å². The fourth-order valence-electron chi connectivity index (χ4n) is 1.93. The van der Waals surface area contributed by atoms with Crippen molar-refractivity contribution in [3.63, 3.8) is 0 Å². The van der Waals surface area contributed by atoms with Gasteiger partial charge in [-0.1, -0.05) is 32.0 Å². The average Bonchev–Trinajstić information content (AvgIpc) is 2.93. The molecule has 114 valence electrons. The summed E-state index contributed by atoms with van der Waals surface area (Å²) in [6, 6.07) is 2.15. The van der Waals surface area contributed by atoms with Crippen LogP contribution in [0, 0.1) is 0 Å². The summed E-state index contributed by atoms with van der Waals surface area (Å²) in [4.78, 5) is 24.9. The standard InChI is InChI=1S/C15H21N3OS2/c1-4-6-7-18(3)13(19)9-20-14-12-8-11(5-2)21-15(12)17-10-16-14/h8,10H,4-7,9H2,1-3H3. The van der Waals surface area contributed by atoms with E-state index in [1.54, 1.807) is 22.6 Å². The van der Waals surface area contributed by atoms with E-state index >= 15 is 0 Å². The van der Waals surface area contributed by atoms with Crippen LogP contribution in [-0.2, 0) is 11.2 Å². The zero-order valence-electron chi connectivity index (χ0n) is 12.8. The summed E-state index contributed by atoms with van der Waals surface area (Å²) >= 11 is 3.21. The maximum atomic E-state index is 12.1. The predicted molar refractivity (Wildman–Crippen MR) is 90.1 cm³/mol. The van der Waals surface area contributed by atoms with Crippen molar-refractivity contribution in [1.82, 2.24) is 14.9 Å². The van der Waals surface area contributed by atoms with Crippen LogP contribution in [0.4, 0.5) is 0 Å². The highest BCUT2D eigenvalue weighted by atomic mass is 32.2. The Labute approximate surface area is 134 Å². The summed E-state index contributed by atoms with van der Waals surface area (Å²) in [6.07, 6.45) is 4.75. The highest BCUT2D eigenvalue weighted by Gasteiger charge is 2.12. The Morgan fingerprint density at radius 1 is 1.38 bits per heavy atom. The van der Waals surface area contributed by atoms with E-state index in [0.717, 1.165) is 41.0 Å². The Kier molecular flexibility index (Phi) is 5.99. The van der Waals surface area contributed by atoms with E-state index in [9.17, 15) is 4.79 Å². The number of hydrogen-bond acceptors (Lipinski definition) is 5. The highest BCUT2D eigenvalue weighted by Crippen LogP contribution is 2.30. The van der Waals surface area contributed by atoms with Gasteiger partial charge >= 0.3 is 0 Å². The lowest BCUT2D eigenvalue weighted by molar-refractivity contribution is -0.127. The minimum atomic E-state index is 0.158. The molecule has 0 radical (unpaired) electrons. The predicted octanol–water partition coefficient (Wildman–Crippen LogP) is 3.60. The Morgan fingerprint density at radius 2 is 2.19 bits per heavy atom. The van der Waals surface area contributed by atoms with Crippen molar-refractivity contribution in [2.24, 2.45) is 0 Å². The van der Waals surface area contributed by atoms with E-state index in [1.165, 1.54) is 16.6 Å². The van der Waals surface area contributed by atoms with Crippen LogP contribution in [0.2, 0.25) is 0 Å². The lowest BCUT2D eigenvalue weighted by Crippen LogP contribution is -2.29. The van der Waals surface area contributed by atoms with Crippen LogP contribution < -0.4 is 0 Å². The Bertz CT molecular complexity index is 612. The third-order valence-electron chi connectivity index (χ3n) is 3.30. The van der Waals surface area contributed by atoms with Gasteiger partial charge in [0.1, 0.15) is 16.2 Å². The fraction of sp³-hybridized carbons (Fsp3) is 0.533. The molecule has 4 nitrogen and oxygen atoms in total. The first kappa shape index (κ1) is 16.2. The van der Waals surface area contributed by atoms with Gasteiger partial charge in [0.15, 0.2) is 0 Å². The minimum absolute atomic E-state index is 0.158. The van der Waals surface area contributed by atoms with Gasteiger partial charge in [-0.3, -0.25) is 4.79 Å². The summed E-state index contributed by atoms with van der Waals surface area (Å²) in [5.74, 6) is 0.593. The SMILES string of the molecule is CCCCN(C)C(=O)CSc1ncnc2sc(CC)cc12. The third-order valence-corrected chi connectivity index (χ3v) is 5.47. The highest BCUT2D eigenvalue weighted by molar-refractivity contribution is 8.00. The molecular formula is C15H21N3OS2. The monoisotopic (exact) mass is 323 g/mol. The topological polar surface area (TPSA) is 46.1 Å². The van der Waals surface area contributed by atoms with Gasteiger partial charge in [-0.25, -0.2) is 9.97 Å². The number of fused-ring (bicyclic) bond motifs is 1. The van der Waals surface area contributed by atoms with Gasteiger partial charge in [-0.15, -0.1) is 11.3 Å². The Balaban J connectivity index is 2.03. The molecule has 6 heteroatoms. The van der Waals surface area contributed by atoms with Crippen molar-refractivity contribution in [2.75, 3.05) is 19.3 Å². The smallest absolute Gasteiger partial charge is 0.232 e. The molecule has 2 heterocycles. The quantitative estimate of drug-likeness (QED) is 0.577. The molecule has 2 aromatic rings. The summed E-state index contributed by atoms with van der Waals surface area (Å²) in [5.41, 5.74) is 0. The largest absolute Gasteiger partial charge is 0.345 e. The molecule has 0 saturated carbocycles. The van der Waals surface area contributed by atoms with Gasteiger partial charge in [0.25, 0.3) is 0 Å². The summed E-state index contributed by atoms with van der Waals surface area (Å²) < 4.78 is 0. The normalized spacial score (nSPS) is 11.0. The number of amides is 1. The molecule has 0 spiro atoms. The Morgan fingerprint density at radius 3 is 2.90 bits per heavy atom. The molecule has 0 N–H and O–H groups in total. The first-order valence-electron chi connectivity index (χ1n) is 7.25. The van der Waals surface area contributed by atoms with E-state index in [-0.39, 0.29) is 5.91 Å². The van der Waals surface area contributed by atoms with Gasteiger partial charge in [0, 0.05) is 23.9 Å².